The Morgan fingerprint density at radius 3 is 2.73 bits per heavy atom. The number of rotatable bonds is 2. The van der Waals surface area contributed by atoms with Gasteiger partial charge in [-0.1, -0.05) is 27.5 Å². The lowest BCUT2D eigenvalue weighted by Gasteiger charge is -2.36. The first-order valence-corrected chi connectivity index (χ1v) is 9.36. The molecule has 26 heavy (non-hydrogen) atoms. The van der Waals surface area contributed by atoms with Crippen molar-refractivity contribution in [3.63, 3.8) is 0 Å². The average molecular weight is 436 g/mol. The van der Waals surface area contributed by atoms with Gasteiger partial charge in [0.2, 0.25) is 0 Å². The van der Waals surface area contributed by atoms with Crippen LogP contribution in [0.2, 0.25) is 5.02 Å². The number of carbonyl (C=O) groups is 1. The van der Waals surface area contributed by atoms with Crippen molar-refractivity contribution >= 4 is 45.0 Å². The van der Waals surface area contributed by atoms with Crippen LogP contribution in [0, 0.1) is 6.92 Å². The van der Waals surface area contributed by atoms with Gasteiger partial charge in [0.05, 0.1) is 10.6 Å². The second-order valence-electron chi connectivity index (χ2n) is 6.13. The van der Waals surface area contributed by atoms with Gasteiger partial charge < -0.3 is 9.80 Å². The van der Waals surface area contributed by atoms with Crippen LogP contribution in [0.4, 0.5) is 5.82 Å². The first-order chi connectivity index (χ1) is 12.5. The topological polar surface area (TPSA) is 66.6 Å². The molecule has 0 unspecified atom stereocenters. The summed E-state index contributed by atoms with van der Waals surface area (Å²) in [7, 11) is 0. The van der Waals surface area contributed by atoms with Crippen LogP contribution in [0.25, 0.3) is 5.78 Å². The Balaban J connectivity index is 1.53. The van der Waals surface area contributed by atoms with Gasteiger partial charge in [-0.25, -0.2) is 4.98 Å². The van der Waals surface area contributed by atoms with E-state index in [1.165, 1.54) is 6.33 Å². The van der Waals surface area contributed by atoms with Crippen molar-refractivity contribution in [3.05, 3.63) is 51.3 Å². The second kappa shape index (κ2) is 6.85. The van der Waals surface area contributed by atoms with E-state index in [-0.39, 0.29) is 5.91 Å². The molecule has 0 N–H and O–H groups in total. The lowest BCUT2D eigenvalue weighted by atomic mass is 10.2. The fraction of sp³-hybridized carbons (Fsp3) is 0.294. The molecule has 134 valence electrons. The molecule has 2 aromatic heterocycles. The summed E-state index contributed by atoms with van der Waals surface area (Å²) in [6, 6.07) is 7.31. The van der Waals surface area contributed by atoms with E-state index < -0.39 is 0 Å². The number of carbonyl (C=O) groups excluding carboxylic acids is 1. The number of benzene rings is 1. The smallest absolute Gasteiger partial charge is 0.255 e. The molecule has 3 heterocycles. The van der Waals surface area contributed by atoms with Gasteiger partial charge in [-0.3, -0.25) is 4.79 Å². The summed E-state index contributed by atoms with van der Waals surface area (Å²) in [5.41, 5.74) is 1.41. The Kier molecular flexibility index (Phi) is 4.54. The number of halogens is 2. The Morgan fingerprint density at radius 2 is 1.96 bits per heavy atom. The number of piperazine rings is 1. The highest BCUT2D eigenvalue weighted by atomic mass is 79.9. The summed E-state index contributed by atoms with van der Waals surface area (Å²) in [5, 5.41) is 4.72. The molecular weight excluding hydrogens is 420 g/mol. The predicted molar refractivity (Wildman–Crippen MR) is 103 cm³/mol. The molecule has 0 bridgehead atoms. The zero-order valence-corrected chi connectivity index (χ0v) is 16.4. The molecule has 9 heteroatoms. The normalized spacial score (nSPS) is 14.9. The first kappa shape index (κ1) is 17.2. The van der Waals surface area contributed by atoms with Crippen molar-refractivity contribution in [2.24, 2.45) is 0 Å². The number of aromatic nitrogens is 4. The van der Waals surface area contributed by atoms with Gasteiger partial charge in [0.15, 0.2) is 0 Å². The lowest BCUT2D eigenvalue weighted by Crippen LogP contribution is -2.49. The monoisotopic (exact) mass is 434 g/mol. The fourth-order valence-electron chi connectivity index (χ4n) is 3.11. The van der Waals surface area contributed by atoms with E-state index in [9.17, 15) is 4.79 Å². The van der Waals surface area contributed by atoms with Crippen molar-refractivity contribution in [3.8, 4) is 0 Å². The van der Waals surface area contributed by atoms with Crippen molar-refractivity contribution in [1.82, 2.24) is 24.5 Å². The zero-order chi connectivity index (χ0) is 18.3. The van der Waals surface area contributed by atoms with Gasteiger partial charge in [-0.15, -0.1) is 0 Å². The van der Waals surface area contributed by atoms with Gasteiger partial charge in [0.25, 0.3) is 11.7 Å². The third-order valence-corrected chi connectivity index (χ3v) is 5.23. The van der Waals surface area contributed by atoms with Crippen LogP contribution >= 0.6 is 27.5 Å². The molecule has 7 nitrogen and oxygen atoms in total. The quantitative estimate of drug-likeness (QED) is 0.619. The Labute approximate surface area is 163 Å². The highest BCUT2D eigenvalue weighted by molar-refractivity contribution is 9.10. The van der Waals surface area contributed by atoms with E-state index in [1.807, 2.05) is 24.0 Å². The molecule has 0 radical (unpaired) electrons. The molecule has 1 fully saturated rings. The van der Waals surface area contributed by atoms with Crippen molar-refractivity contribution in [1.29, 1.82) is 0 Å². The standard InChI is InChI=1S/C17H16BrClN6O/c1-11-8-15(25-17(22-11)20-10-21-25)23-4-6-24(7-5-23)16(26)13-9-12(18)2-3-14(13)19/h2-3,8-10H,4-7H2,1H3. The van der Waals surface area contributed by atoms with Gasteiger partial charge in [0.1, 0.15) is 12.1 Å². The van der Waals surface area contributed by atoms with Gasteiger partial charge in [-0.2, -0.15) is 14.6 Å². The molecule has 3 aromatic rings. The maximum atomic E-state index is 12.8. The summed E-state index contributed by atoms with van der Waals surface area (Å²) >= 11 is 9.60. The van der Waals surface area contributed by atoms with E-state index in [0.717, 1.165) is 16.0 Å². The third kappa shape index (κ3) is 3.14. The second-order valence-corrected chi connectivity index (χ2v) is 7.45. The van der Waals surface area contributed by atoms with E-state index in [0.29, 0.717) is 42.5 Å². The highest BCUT2D eigenvalue weighted by Gasteiger charge is 2.25. The van der Waals surface area contributed by atoms with Gasteiger partial charge in [-0.05, 0) is 25.1 Å². The Hall–Kier alpha value is -2.19. The molecule has 0 saturated carbocycles. The maximum Gasteiger partial charge on any atom is 0.255 e. The van der Waals surface area contributed by atoms with Crippen molar-refractivity contribution in [2.45, 2.75) is 6.92 Å². The number of amides is 1. The SMILES string of the molecule is Cc1cc(N2CCN(C(=O)c3cc(Br)ccc3Cl)CC2)n2ncnc2n1. The van der Waals surface area contributed by atoms with Crippen LogP contribution in [-0.4, -0.2) is 56.6 Å². The molecule has 4 rings (SSSR count). The molecule has 0 spiro atoms. The number of aryl methyl sites for hydroxylation is 1. The maximum absolute atomic E-state index is 12.8. The Bertz CT molecular complexity index is 983. The predicted octanol–water partition coefficient (Wildman–Crippen LogP) is 2.81. The van der Waals surface area contributed by atoms with Crippen molar-refractivity contribution in [2.75, 3.05) is 31.1 Å². The fourth-order valence-corrected chi connectivity index (χ4v) is 3.67. The minimum absolute atomic E-state index is 0.0484. The van der Waals surface area contributed by atoms with Crippen LogP contribution in [0.3, 0.4) is 0 Å². The number of hydrogen-bond donors (Lipinski definition) is 0. The number of fused-ring (bicyclic) bond motifs is 1. The van der Waals surface area contributed by atoms with Crippen LogP contribution < -0.4 is 4.90 Å². The summed E-state index contributed by atoms with van der Waals surface area (Å²) in [4.78, 5) is 25.4. The summed E-state index contributed by atoms with van der Waals surface area (Å²) in [6.45, 7) is 4.57. The first-order valence-electron chi connectivity index (χ1n) is 8.19. The molecular formula is C17H16BrClN6O. The van der Waals surface area contributed by atoms with Gasteiger partial charge in [0, 0.05) is 42.4 Å². The number of nitrogens with zero attached hydrogens (tertiary/aromatic N) is 6. The van der Waals surface area contributed by atoms with Crippen LogP contribution in [-0.2, 0) is 0 Å². The molecule has 1 amide bonds. The molecule has 1 aromatic carbocycles. The molecule has 1 saturated heterocycles. The molecule has 1 aliphatic heterocycles. The largest absolute Gasteiger partial charge is 0.353 e. The van der Waals surface area contributed by atoms with E-state index in [4.69, 9.17) is 11.6 Å². The molecule has 0 atom stereocenters. The van der Waals surface area contributed by atoms with E-state index in [2.05, 4.69) is 35.9 Å². The summed E-state index contributed by atoms with van der Waals surface area (Å²) < 4.78 is 2.57. The number of anilines is 1. The minimum atomic E-state index is -0.0484. The summed E-state index contributed by atoms with van der Waals surface area (Å²) in [6.07, 6.45) is 1.50. The molecule has 1 aliphatic rings. The third-order valence-electron chi connectivity index (χ3n) is 4.41. The zero-order valence-electron chi connectivity index (χ0n) is 14.1. The average Bonchev–Trinajstić information content (AvgIpc) is 3.11. The van der Waals surface area contributed by atoms with Crippen LogP contribution in [0.1, 0.15) is 16.1 Å². The van der Waals surface area contributed by atoms with E-state index >= 15 is 0 Å². The minimum Gasteiger partial charge on any atom is -0.353 e. The van der Waals surface area contributed by atoms with E-state index in [1.54, 1.807) is 16.6 Å². The van der Waals surface area contributed by atoms with Crippen LogP contribution in [0.5, 0.6) is 0 Å². The van der Waals surface area contributed by atoms with Crippen molar-refractivity contribution < 1.29 is 4.79 Å². The van der Waals surface area contributed by atoms with Crippen LogP contribution in [0.15, 0.2) is 35.1 Å². The summed E-state index contributed by atoms with van der Waals surface area (Å²) in [5.74, 6) is 1.48. The Morgan fingerprint density at radius 1 is 1.19 bits per heavy atom. The highest BCUT2D eigenvalue weighted by Crippen LogP contribution is 2.24. The van der Waals surface area contributed by atoms with Gasteiger partial charge >= 0.3 is 0 Å². The molecule has 0 aliphatic carbocycles. The number of hydrogen-bond acceptors (Lipinski definition) is 5. The lowest BCUT2D eigenvalue weighted by molar-refractivity contribution is 0.0746.